The van der Waals surface area contributed by atoms with Crippen molar-refractivity contribution >= 4 is 0 Å². The topological polar surface area (TPSA) is 12.0 Å². The van der Waals surface area contributed by atoms with Crippen LogP contribution in [-0.2, 0) is 5.92 Å². The number of nitrogens with one attached hydrogen (secondary N) is 1. The van der Waals surface area contributed by atoms with Crippen LogP contribution in [0.2, 0.25) is 0 Å². The highest BCUT2D eigenvalue weighted by Gasteiger charge is 2.32. The molecular weight excluding hydrogens is 220 g/mol. The van der Waals surface area contributed by atoms with Crippen molar-refractivity contribution in [3.8, 4) is 0 Å². The number of benzene rings is 1. The Hall–Kier alpha value is -0.960. The molecule has 1 aliphatic carbocycles. The molecule has 0 heterocycles. The zero-order chi connectivity index (χ0) is 12.3. The average molecular weight is 239 g/mol. The van der Waals surface area contributed by atoms with Crippen LogP contribution in [0.15, 0.2) is 30.3 Å². The van der Waals surface area contributed by atoms with Gasteiger partial charge in [0.25, 0.3) is 5.92 Å². The van der Waals surface area contributed by atoms with E-state index < -0.39 is 5.92 Å². The number of alkyl halides is 2. The van der Waals surface area contributed by atoms with Crippen molar-refractivity contribution in [3.05, 3.63) is 35.9 Å². The molecule has 2 rings (SSSR count). The first-order valence-electron chi connectivity index (χ1n) is 6.24. The van der Waals surface area contributed by atoms with E-state index in [1.807, 2.05) is 6.92 Å². The molecule has 1 fully saturated rings. The van der Waals surface area contributed by atoms with Gasteiger partial charge in [-0.25, -0.2) is 0 Å². The molecule has 1 unspecified atom stereocenters. The van der Waals surface area contributed by atoms with Crippen LogP contribution in [0.25, 0.3) is 0 Å². The molecular formula is C14H19F2N. The minimum atomic E-state index is -2.78. The molecule has 3 heteroatoms. The molecule has 1 aromatic carbocycles. The largest absolute Gasteiger partial charge is 0.308 e. The van der Waals surface area contributed by atoms with Gasteiger partial charge in [0, 0.05) is 11.6 Å². The third-order valence-electron chi connectivity index (χ3n) is 3.25. The third-order valence-corrected chi connectivity index (χ3v) is 3.25. The summed E-state index contributed by atoms with van der Waals surface area (Å²) < 4.78 is 27.6. The summed E-state index contributed by atoms with van der Waals surface area (Å²) in [6.45, 7) is 1.71. The Balaban J connectivity index is 1.84. The summed E-state index contributed by atoms with van der Waals surface area (Å²) in [4.78, 5) is 0. The molecule has 1 aromatic rings. The van der Waals surface area contributed by atoms with Crippen LogP contribution < -0.4 is 5.32 Å². The zero-order valence-corrected chi connectivity index (χ0v) is 10.1. The molecule has 1 atom stereocenters. The Kier molecular flexibility index (Phi) is 3.77. The molecule has 1 aliphatic rings. The lowest BCUT2D eigenvalue weighted by molar-refractivity contribution is -0.00562. The third kappa shape index (κ3) is 3.77. The smallest absolute Gasteiger partial charge is 0.285 e. The highest BCUT2D eigenvalue weighted by molar-refractivity contribution is 5.20. The van der Waals surface area contributed by atoms with Gasteiger partial charge < -0.3 is 5.32 Å². The molecule has 1 N–H and O–H groups in total. The van der Waals surface area contributed by atoms with Crippen molar-refractivity contribution in [2.24, 2.45) is 5.92 Å². The van der Waals surface area contributed by atoms with E-state index in [4.69, 9.17) is 0 Å². The molecule has 1 saturated carbocycles. The number of hydrogen-bond donors (Lipinski definition) is 1. The monoisotopic (exact) mass is 239 g/mol. The molecule has 1 nitrogen and oxygen atoms in total. The number of rotatable bonds is 6. The summed E-state index contributed by atoms with van der Waals surface area (Å²) in [5.74, 6) is -2.01. The molecule has 0 bridgehead atoms. The van der Waals surface area contributed by atoms with Gasteiger partial charge in [-0.15, -0.1) is 0 Å². The first-order chi connectivity index (χ1) is 8.08. The highest BCUT2D eigenvalue weighted by atomic mass is 19.3. The lowest BCUT2D eigenvalue weighted by Crippen LogP contribution is -2.36. The Bertz CT molecular complexity index is 346. The van der Waals surface area contributed by atoms with Gasteiger partial charge in [-0.2, -0.15) is 8.78 Å². The van der Waals surface area contributed by atoms with Crippen molar-refractivity contribution in [1.29, 1.82) is 0 Å². The van der Waals surface area contributed by atoms with Gasteiger partial charge in [-0.05, 0) is 19.3 Å². The van der Waals surface area contributed by atoms with Crippen molar-refractivity contribution in [2.45, 2.75) is 38.2 Å². The predicted octanol–water partition coefficient (Wildman–Crippen LogP) is 3.56. The summed E-state index contributed by atoms with van der Waals surface area (Å²) in [5.41, 5.74) is 0.0890. The molecule has 0 aliphatic heterocycles. The second-order valence-electron chi connectivity index (χ2n) is 5.03. The second-order valence-corrected chi connectivity index (χ2v) is 5.03. The van der Waals surface area contributed by atoms with E-state index >= 15 is 0 Å². The van der Waals surface area contributed by atoms with Crippen LogP contribution in [0, 0.1) is 5.92 Å². The minimum absolute atomic E-state index is 0.0890. The average Bonchev–Trinajstić information content (AvgIpc) is 3.12. The molecule has 0 saturated heterocycles. The fourth-order valence-electron chi connectivity index (χ4n) is 2.02. The molecule has 17 heavy (non-hydrogen) atoms. The van der Waals surface area contributed by atoms with E-state index in [0.29, 0.717) is 0 Å². The minimum Gasteiger partial charge on any atom is -0.308 e. The first-order valence-corrected chi connectivity index (χ1v) is 6.24. The first kappa shape index (κ1) is 12.5. The van der Waals surface area contributed by atoms with Crippen LogP contribution in [0.4, 0.5) is 8.78 Å². The normalized spacial score (nSPS) is 18.1. The van der Waals surface area contributed by atoms with Crippen molar-refractivity contribution in [3.63, 3.8) is 0 Å². The van der Waals surface area contributed by atoms with Crippen LogP contribution in [0.5, 0.6) is 0 Å². The molecule has 0 aromatic heterocycles. The fourth-order valence-corrected chi connectivity index (χ4v) is 2.02. The van der Waals surface area contributed by atoms with Crippen LogP contribution in [0.3, 0.4) is 0 Å². The van der Waals surface area contributed by atoms with Gasteiger partial charge in [0.2, 0.25) is 0 Å². The predicted molar refractivity (Wildman–Crippen MR) is 65.1 cm³/mol. The quantitative estimate of drug-likeness (QED) is 0.800. The summed E-state index contributed by atoms with van der Waals surface area (Å²) in [6.07, 6.45) is 3.55. The molecule has 0 amide bonds. The molecule has 0 spiro atoms. The van der Waals surface area contributed by atoms with Gasteiger partial charge in [0.1, 0.15) is 0 Å². The Morgan fingerprint density at radius 2 is 1.94 bits per heavy atom. The van der Waals surface area contributed by atoms with E-state index in [1.54, 1.807) is 18.2 Å². The van der Waals surface area contributed by atoms with Crippen molar-refractivity contribution in [1.82, 2.24) is 5.32 Å². The summed E-state index contributed by atoms with van der Waals surface area (Å²) in [7, 11) is 0. The summed E-state index contributed by atoms with van der Waals surface area (Å²) in [5, 5.41) is 2.94. The van der Waals surface area contributed by atoms with E-state index in [9.17, 15) is 8.78 Å². The summed E-state index contributed by atoms with van der Waals surface area (Å²) >= 11 is 0. The lowest BCUT2D eigenvalue weighted by Gasteiger charge is -2.20. The van der Waals surface area contributed by atoms with E-state index in [-0.39, 0.29) is 18.2 Å². The molecule has 0 radical (unpaired) electrons. The fraction of sp³-hybridized carbons (Fsp3) is 0.571. The van der Waals surface area contributed by atoms with Gasteiger partial charge in [0.05, 0.1) is 6.54 Å². The Morgan fingerprint density at radius 3 is 2.53 bits per heavy atom. The second kappa shape index (κ2) is 5.13. The Morgan fingerprint density at radius 1 is 1.29 bits per heavy atom. The maximum atomic E-state index is 13.8. The van der Waals surface area contributed by atoms with E-state index in [0.717, 1.165) is 12.3 Å². The van der Waals surface area contributed by atoms with Gasteiger partial charge in [-0.1, -0.05) is 43.2 Å². The summed E-state index contributed by atoms with van der Waals surface area (Å²) in [6, 6.07) is 8.19. The standard InChI is InChI=1S/C14H19F2N/c1-11(9-12-7-8-12)17-10-14(15,16)13-5-3-2-4-6-13/h2-6,11-12,17H,7-10H2,1H3. The van der Waals surface area contributed by atoms with Crippen LogP contribution in [0.1, 0.15) is 31.7 Å². The SMILES string of the molecule is CC(CC1CC1)NCC(F)(F)c1ccccc1. The number of hydrogen-bond acceptors (Lipinski definition) is 1. The van der Waals surface area contributed by atoms with Crippen LogP contribution in [-0.4, -0.2) is 12.6 Å². The van der Waals surface area contributed by atoms with Gasteiger partial charge in [-0.3, -0.25) is 0 Å². The highest BCUT2D eigenvalue weighted by Crippen LogP contribution is 2.34. The number of halogens is 2. The van der Waals surface area contributed by atoms with Gasteiger partial charge >= 0.3 is 0 Å². The Labute approximate surface area is 101 Å². The lowest BCUT2D eigenvalue weighted by atomic mass is 10.1. The van der Waals surface area contributed by atoms with Crippen LogP contribution >= 0.6 is 0 Å². The maximum absolute atomic E-state index is 13.8. The van der Waals surface area contributed by atoms with Gasteiger partial charge in [0.15, 0.2) is 0 Å². The van der Waals surface area contributed by atoms with E-state index in [1.165, 1.54) is 25.0 Å². The zero-order valence-electron chi connectivity index (χ0n) is 10.1. The van der Waals surface area contributed by atoms with Crippen molar-refractivity contribution < 1.29 is 8.78 Å². The van der Waals surface area contributed by atoms with Crippen molar-refractivity contribution in [2.75, 3.05) is 6.54 Å². The maximum Gasteiger partial charge on any atom is 0.285 e. The molecule has 94 valence electrons. The van der Waals surface area contributed by atoms with E-state index in [2.05, 4.69) is 5.32 Å².